The minimum Gasteiger partial charge on any atom is -0.497 e. The number of aromatic nitrogens is 3. The van der Waals surface area contributed by atoms with Crippen LogP contribution in [-0.2, 0) is 6.54 Å². The summed E-state index contributed by atoms with van der Waals surface area (Å²) < 4.78 is 6.60. The van der Waals surface area contributed by atoms with Crippen LogP contribution in [0.4, 0.5) is 0 Å². The van der Waals surface area contributed by atoms with E-state index in [1.165, 1.54) is 15.9 Å². The van der Waals surface area contributed by atoms with Crippen molar-refractivity contribution in [1.82, 2.24) is 14.5 Å². The first-order valence-corrected chi connectivity index (χ1v) is 8.83. The molecule has 1 aromatic carbocycles. The number of hydrogen-bond donors (Lipinski definition) is 1. The van der Waals surface area contributed by atoms with Crippen molar-refractivity contribution in [2.24, 2.45) is 0 Å². The lowest BCUT2D eigenvalue weighted by molar-refractivity contribution is 0.0976. The molecule has 0 saturated carbocycles. The van der Waals surface area contributed by atoms with Gasteiger partial charge in [-0.3, -0.25) is 14.3 Å². The van der Waals surface area contributed by atoms with Crippen LogP contribution in [0.2, 0.25) is 0 Å². The van der Waals surface area contributed by atoms with Gasteiger partial charge < -0.3 is 4.74 Å². The van der Waals surface area contributed by atoms with Gasteiger partial charge in [0.15, 0.2) is 11.4 Å². The summed E-state index contributed by atoms with van der Waals surface area (Å²) in [5.41, 5.74) is 2.53. The largest absolute Gasteiger partial charge is 0.497 e. The number of ether oxygens (including phenoxy) is 1. The number of methoxy groups -OCH3 is 1. The van der Waals surface area contributed by atoms with Crippen LogP contribution in [0.25, 0.3) is 22.3 Å². The maximum absolute atomic E-state index is 12.4. The molecular formula is C19H15N3O3S. The molecule has 0 radical (unpaired) electrons. The third-order valence-electron chi connectivity index (χ3n) is 4.15. The van der Waals surface area contributed by atoms with Crippen LogP contribution in [0.1, 0.15) is 9.67 Å². The van der Waals surface area contributed by atoms with Gasteiger partial charge in [0.05, 0.1) is 24.0 Å². The van der Waals surface area contributed by atoms with E-state index in [1.54, 1.807) is 19.4 Å². The number of nitrogens with zero attached hydrogens (tertiary/aromatic N) is 2. The van der Waals surface area contributed by atoms with Crippen LogP contribution in [0.5, 0.6) is 5.75 Å². The molecule has 3 aromatic heterocycles. The summed E-state index contributed by atoms with van der Waals surface area (Å²) in [5.74, 6) is 0.667. The van der Waals surface area contributed by atoms with Crippen molar-refractivity contribution in [2.45, 2.75) is 6.54 Å². The average Bonchev–Trinajstić information content (AvgIpc) is 3.30. The number of ketones is 1. The number of aromatic amines is 1. The fourth-order valence-electron chi connectivity index (χ4n) is 2.79. The molecule has 0 fully saturated rings. The highest BCUT2D eigenvalue weighted by molar-refractivity contribution is 7.12. The third-order valence-corrected chi connectivity index (χ3v) is 5.06. The van der Waals surface area contributed by atoms with E-state index < -0.39 is 0 Å². The number of hydrogen-bond acceptors (Lipinski definition) is 5. The monoisotopic (exact) mass is 365 g/mol. The molecule has 0 aliphatic carbocycles. The van der Waals surface area contributed by atoms with E-state index in [0.717, 1.165) is 16.9 Å². The Morgan fingerprint density at radius 2 is 2.04 bits per heavy atom. The van der Waals surface area contributed by atoms with Gasteiger partial charge >= 0.3 is 5.69 Å². The maximum atomic E-state index is 12.4. The summed E-state index contributed by atoms with van der Waals surface area (Å²) in [5, 5.41) is 1.84. The molecule has 0 unspecified atom stereocenters. The van der Waals surface area contributed by atoms with E-state index in [-0.39, 0.29) is 18.0 Å². The molecule has 4 aromatic rings. The highest BCUT2D eigenvalue weighted by Crippen LogP contribution is 2.24. The second-order valence-corrected chi connectivity index (χ2v) is 6.68. The number of pyridine rings is 1. The Kier molecular flexibility index (Phi) is 4.14. The van der Waals surface area contributed by atoms with Gasteiger partial charge in [-0.05, 0) is 35.2 Å². The van der Waals surface area contributed by atoms with Crippen molar-refractivity contribution in [3.05, 3.63) is 69.4 Å². The van der Waals surface area contributed by atoms with E-state index in [9.17, 15) is 9.59 Å². The van der Waals surface area contributed by atoms with Crippen molar-refractivity contribution in [1.29, 1.82) is 0 Å². The van der Waals surface area contributed by atoms with E-state index >= 15 is 0 Å². The SMILES string of the molecule is COc1ccc(-c2cnc3[nH]c(=O)n(CC(=O)c4cccs4)c3c2)cc1. The molecule has 0 bridgehead atoms. The topological polar surface area (TPSA) is 77.0 Å². The molecule has 7 heteroatoms. The molecule has 0 saturated heterocycles. The number of carbonyl (C=O) groups is 1. The predicted octanol–water partition coefficient (Wildman–Crippen LogP) is 3.34. The van der Waals surface area contributed by atoms with Crippen LogP contribution in [0.15, 0.2) is 58.8 Å². The van der Waals surface area contributed by atoms with E-state index in [2.05, 4.69) is 9.97 Å². The Balaban J connectivity index is 1.74. The fourth-order valence-corrected chi connectivity index (χ4v) is 3.45. The van der Waals surface area contributed by atoms with Gasteiger partial charge in [-0.1, -0.05) is 18.2 Å². The second kappa shape index (κ2) is 6.61. The van der Waals surface area contributed by atoms with Gasteiger partial charge in [0, 0.05) is 11.8 Å². The van der Waals surface area contributed by atoms with Crippen molar-refractivity contribution >= 4 is 28.3 Å². The molecule has 4 rings (SSSR count). The second-order valence-electron chi connectivity index (χ2n) is 5.74. The van der Waals surface area contributed by atoms with E-state index in [1.807, 2.05) is 41.8 Å². The molecule has 0 amide bonds. The Morgan fingerprint density at radius 1 is 1.23 bits per heavy atom. The van der Waals surface area contributed by atoms with Crippen molar-refractivity contribution in [3.63, 3.8) is 0 Å². The summed E-state index contributed by atoms with van der Waals surface area (Å²) in [6, 6.07) is 13.0. The molecule has 0 aliphatic heterocycles. The lowest BCUT2D eigenvalue weighted by atomic mass is 10.1. The smallest absolute Gasteiger partial charge is 0.328 e. The first-order valence-electron chi connectivity index (χ1n) is 7.95. The van der Waals surface area contributed by atoms with Crippen LogP contribution in [0, 0.1) is 0 Å². The molecular weight excluding hydrogens is 350 g/mol. The Labute approximate surface area is 152 Å². The zero-order valence-electron chi connectivity index (χ0n) is 13.9. The third kappa shape index (κ3) is 2.93. The maximum Gasteiger partial charge on any atom is 0.328 e. The van der Waals surface area contributed by atoms with Gasteiger partial charge in [-0.15, -0.1) is 11.3 Å². The molecule has 26 heavy (non-hydrogen) atoms. The highest BCUT2D eigenvalue weighted by atomic mass is 32.1. The molecule has 1 N–H and O–H groups in total. The number of fused-ring (bicyclic) bond motifs is 1. The standard InChI is InChI=1S/C19H15N3O3S/c1-25-14-6-4-12(5-7-14)13-9-15-18(20-10-13)21-19(24)22(15)11-16(23)17-3-2-8-26-17/h2-10H,11H2,1H3,(H,20,21,24). The van der Waals surface area contributed by atoms with Crippen molar-refractivity contribution < 1.29 is 9.53 Å². The number of thiophene rings is 1. The Morgan fingerprint density at radius 3 is 2.73 bits per heavy atom. The van der Waals surface area contributed by atoms with Gasteiger partial charge in [-0.25, -0.2) is 9.78 Å². The quantitative estimate of drug-likeness (QED) is 0.550. The summed E-state index contributed by atoms with van der Waals surface area (Å²) in [6.07, 6.45) is 1.70. The van der Waals surface area contributed by atoms with Crippen LogP contribution >= 0.6 is 11.3 Å². The molecule has 0 aliphatic rings. The van der Waals surface area contributed by atoms with Crippen molar-refractivity contribution in [3.8, 4) is 16.9 Å². The predicted molar refractivity (Wildman–Crippen MR) is 101 cm³/mol. The van der Waals surface area contributed by atoms with Gasteiger partial charge in [0.2, 0.25) is 0 Å². The summed E-state index contributed by atoms with van der Waals surface area (Å²) in [6.45, 7) is -0.0207. The average molecular weight is 365 g/mol. The Bertz CT molecular complexity index is 1130. The highest BCUT2D eigenvalue weighted by Gasteiger charge is 2.14. The fraction of sp³-hybridized carbons (Fsp3) is 0.105. The molecule has 0 atom stereocenters. The van der Waals surface area contributed by atoms with Crippen LogP contribution in [0.3, 0.4) is 0 Å². The number of carbonyl (C=O) groups excluding carboxylic acids is 1. The summed E-state index contributed by atoms with van der Waals surface area (Å²) in [4.78, 5) is 32.3. The minimum atomic E-state index is -0.343. The zero-order valence-corrected chi connectivity index (χ0v) is 14.7. The Hall–Kier alpha value is -3.19. The lowest BCUT2D eigenvalue weighted by Gasteiger charge is -2.05. The number of benzene rings is 1. The normalized spacial score (nSPS) is 11.0. The first kappa shape index (κ1) is 16.3. The number of Topliss-reactive ketones (excluding diaryl/α,β-unsaturated/α-hetero) is 1. The summed E-state index contributed by atoms with van der Waals surface area (Å²) in [7, 11) is 1.62. The van der Waals surface area contributed by atoms with Gasteiger partial charge in [0.25, 0.3) is 0 Å². The van der Waals surface area contributed by atoms with Crippen LogP contribution in [-0.4, -0.2) is 27.4 Å². The van der Waals surface area contributed by atoms with Crippen molar-refractivity contribution in [2.75, 3.05) is 7.11 Å². The number of rotatable bonds is 5. The zero-order chi connectivity index (χ0) is 18.1. The lowest BCUT2D eigenvalue weighted by Crippen LogP contribution is -2.21. The number of H-pyrrole nitrogens is 1. The van der Waals surface area contributed by atoms with Gasteiger partial charge in [-0.2, -0.15) is 0 Å². The molecule has 3 heterocycles. The number of imidazole rings is 1. The number of nitrogens with one attached hydrogen (secondary N) is 1. The first-order chi connectivity index (χ1) is 12.7. The molecule has 130 valence electrons. The molecule has 0 spiro atoms. The van der Waals surface area contributed by atoms with E-state index in [0.29, 0.717) is 16.0 Å². The summed E-state index contributed by atoms with van der Waals surface area (Å²) >= 11 is 1.37. The van der Waals surface area contributed by atoms with Gasteiger partial charge in [0.1, 0.15) is 5.75 Å². The molecule has 6 nitrogen and oxygen atoms in total. The van der Waals surface area contributed by atoms with E-state index in [4.69, 9.17) is 4.74 Å². The minimum absolute atomic E-state index is 0.0207. The van der Waals surface area contributed by atoms with Crippen LogP contribution < -0.4 is 10.4 Å².